The smallest absolute Gasteiger partial charge is 0.317 e. The first-order valence-corrected chi connectivity index (χ1v) is 5.61. The number of urea groups is 1. The third kappa shape index (κ3) is 2.09. The SMILES string of the molecule is COCCNC(=O)N1CC2(CNCC2(F)F)C1. The number of nitrogens with one attached hydrogen (secondary N) is 2. The molecule has 0 aromatic heterocycles. The lowest BCUT2D eigenvalue weighted by Crippen LogP contribution is -2.67. The topological polar surface area (TPSA) is 53.6 Å². The van der Waals surface area contributed by atoms with Gasteiger partial charge in [0, 0.05) is 33.3 Å². The van der Waals surface area contributed by atoms with Crippen molar-refractivity contribution in [3.05, 3.63) is 0 Å². The van der Waals surface area contributed by atoms with Gasteiger partial charge in [0.15, 0.2) is 0 Å². The van der Waals surface area contributed by atoms with E-state index in [0.29, 0.717) is 13.2 Å². The molecular formula is C10H17F2N3O2. The molecule has 0 aromatic carbocycles. The van der Waals surface area contributed by atoms with E-state index in [1.807, 2.05) is 0 Å². The number of methoxy groups -OCH3 is 1. The van der Waals surface area contributed by atoms with Crippen LogP contribution in [0.5, 0.6) is 0 Å². The minimum atomic E-state index is -2.71. The highest BCUT2D eigenvalue weighted by Gasteiger charge is 2.64. The minimum absolute atomic E-state index is 0.117. The summed E-state index contributed by atoms with van der Waals surface area (Å²) in [5, 5.41) is 5.30. The van der Waals surface area contributed by atoms with Crippen molar-refractivity contribution in [3.63, 3.8) is 0 Å². The van der Waals surface area contributed by atoms with E-state index in [2.05, 4.69) is 10.6 Å². The molecule has 7 heteroatoms. The number of rotatable bonds is 3. The molecule has 2 aliphatic rings. The van der Waals surface area contributed by atoms with Crippen LogP contribution < -0.4 is 10.6 Å². The fourth-order valence-electron chi connectivity index (χ4n) is 2.32. The molecule has 2 amide bonds. The summed E-state index contributed by atoms with van der Waals surface area (Å²) in [7, 11) is 1.54. The zero-order valence-corrected chi connectivity index (χ0v) is 9.76. The lowest BCUT2D eigenvalue weighted by molar-refractivity contribution is -0.142. The summed E-state index contributed by atoms with van der Waals surface area (Å²) >= 11 is 0. The van der Waals surface area contributed by atoms with Gasteiger partial charge in [-0.2, -0.15) is 0 Å². The summed E-state index contributed by atoms with van der Waals surface area (Å²) in [5.41, 5.74) is -1.05. The number of hydrogen-bond donors (Lipinski definition) is 2. The first-order valence-electron chi connectivity index (χ1n) is 5.61. The van der Waals surface area contributed by atoms with Gasteiger partial charge in [-0.3, -0.25) is 0 Å². The molecule has 2 saturated heterocycles. The Balaban J connectivity index is 1.80. The molecule has 1 spiro atoms. The van der Waals surface area contributed by atoms with E-state index < -0.39 is 11.3 Å². The molecule has 0 aliphatic carbocycles. The van der Waals surface area contributed by atoms with Crippen LogP contribution in [0.15, 0.2) is 0 Å². The molecule has 5 nitrogen and oxygen atoms in total. The fraction of sp³-hybridized carbons (Fsp3) is 0.900. The van der Waals surface area contributed by atoms with Gasteiger partial charge in [0.2, 0.25) is 0 Å². The third-order valence-electron chi connectivity index (χ3n) is 3.44. The largest absolute Gasteiger partial charge is 0.383 e. The van der Waals surface area contributed by atoms with Crippen LogP contribution in [0.4, 0.5) is 13.6 Å². The number of alkyl halides is 2. The molecule has 0 saturated carbocycles. The Morgan fingerprint density at radius 3 is 2.71 bits per heavy atom. The number of hydrogen-bond acceptors (Lipinski definition) is 3. The van der Waals surface area contributed by atoms with Gasteiger partial charge >= 0.3 is 6.03 Å². The Kier molecular flexibility index (Phi) is 3.22. The van der Waals surface area contributed by atoms with E-state index in [4.69, 9.17) is 4.74 Å². The number of carbonyl (C=O) groups is 1. The monoisotopic (exact) mass is 249 g/mol. The summed E-state index contributed by atoms with van der Waals surface area (Å²) in [5.74, 6) is -2.71. The minimum Gasteiger partial charge on any atom is -0.383 e. The zero-order valence-electron chi connectivity index (χ0n) is 9.76. The first-order chi connectivity index (χ1) is 8.01. The van der Waals surface area contributed by atoms with E-state index in [-0.39, 0.29) is 32.2 Å². The quantitative estimate of drug-likeness (QED) is 0.686. The number of carbonyl (C=O) groups excluding carboxylic acids is 1. The second-order valence-corrected chi connectivity index (χ2v) is 4.67. The van der Waals surface area contributed by atoms with Gasteiger partial charge in [-0.25, -0.2) is 13.6 Å². The highest BCUT2D eigenvalue weighted by Crippen LogP contribution is 2.46. The summed E-state index contributed by atoms with van der Waals surface area (Å²) in [6.45, 7) is 1.04. The lowest BCUT2D eigenvalue weighted by Gasteiger charge is -2.49. The van der Waals surface area contributed by atoms with Crippen molar-refractivity contribution in [2.24, 2.45) is 5.41 Å². The normalized spacial score (nSPS) is 24.8. The summed E-state index contributed by atoms with van der Waals surface area (Å²) < 4.78 is 31.9. The highest BCUT2D eigenvalue weighted by molar-refractivity contribution is 5.75. The maximum atomic E-state index is 13.5. The molecule has 0 radical (unpaired) electrons. The van der Waals surface area contributed by atoms with Gasteiger partial charge in [0.25, 0.3) is 5.92 Å². The van der Waals surface area contributed by atoms with Crippen molar-refractivity contribution in [2.45, 2.75) is 5.92 Å². The summed E-state index contributed by atoms with van der Waals surface area (Å²) in [6, 6.07) is -0.296. The molecule has 2 aliphatic heterocycles. The molecule has 98 valence electrons. The maximum absolute atomic E-state index is 13.5. The third-order valence-corrected chi connectivity index (χ3v) is 3.44. The molecule has 2 heterocycles. The van der Waals surface area contributed by atoms with Crippen LogP contribution in [-0.4, -0.2) is 63.3 Å². The van der Waals surface area contributed by atoms with Crippen molar-refractivity contribution in [2.75, 3.05) is 46.4 Å². The van der Waals surface area contributed by atoms with E-state index in [9.17, 15) is 13.6 Å². The van der Waals surface area contributed by atoms with E-state index >= 15 is 0 Å². The number of ether oxygens (including phenoxy) is 1. The Morgan fingerprint density at radius 2 is 2.18 bits per heavy atom. The van der Waals surface area contributed by atoms with Crippen molar-refractivity contribution in [3.8, 4) is 0 Å². The van der Waals surface area contributed by atoms with Crippen LogP contribution in [0.2, 0.25) is 0 Å². The number of amides is 2. The predicted octanol–water partition coefficient (Wildman–Crippen LogP) is -0.117. The Morgan fingerprint density at radius 1 is 1.47 bits per heavy atom. The van der Waals surface area contributed by atoms with Crippen LogP contribution in [0, 0.1) is 5.41 Å². The van der Waals surface area contributed by atoms with Crippen LogP contribution >= 0.6 is 0 Å². The average molecular weight is 249 g/mol. The fourth-order valence-corrected chi connectivity index (χ4v) is 2.32. The Hall–Kier alpha value is -0.950. The molecule has 0 atom stereocenters. The molecule has 0 aromatic rings. The summed E-state index contributed by atoms with van der Waals surface area (Å²) in [6.07, 6.45) is 0. The van der Waals surface area contributed by atoms with Gasteiger partial charge < -0.3 is 20.3 Å². The molecule has 0 bridgehead atoms. The molecular weight excluding hydrogens is 232 g/mol. The second kappa shape index (κ2) is 4.38. The second-order valence-electron chi connectivity index (χ2n) is 4.67. The zero-order chi connectivity index (χ0) is 12.5. The lowest BCUT2D eigenvalue weighted by atomic mass is 9.76. The Labute approximate surface area is 98.5 Å². The van der Waals surface area contributed by atoms with Crippen molar-refractivity contribution in [1.29, 1.82) is 0 Å². The molecule has 2 rings (SSSR count). The highest BCUT2D eigenvalue weighted by atomic mass is 19.3. The Bertz CT molecular complexity index is 306. The predicted molar refractivity (Wildman–Crippen MR) is 57.1 cm³/mol. The van der Waals surface area contributed by atoms with Gasteiger partial charge in [-0.05, 0) is 0 Å². The van der Waals surface area contributed by atoms with Gasteiger partial charge in [-0.1, -0.05) is 0 Å². The van der Waals surface area contributed by atoms with Crippen LogP contribution in [-0.2, 0) is 4.74 Å². The van der Waals surface area contributed by atoms with Crippen molar-refractivity contribution >= 4 is 6.03 Å². The van der Waals surface area contributed by atoms with Crippen LogP contribution in [0.25, 0.3) is 0 Å². The van der Waals surface area contributed by atoms with E-state index in [1.54, 1.807) is 0 Å². The van der Waals surface area contributed by atoms with Gasteiger partial charge in [0.1, 0.15) is 0 Å². The number of halogens is 2. The standard InChI is InChI=1S/C10H17F2N3O2/c1-17-3-2-14-8(16)15-6-9(7-15)4-13-5-10(9,11)12/h13H,2-7H2,1H3,(H,14,16). The molecule has 17 heavy (non-hydrogen) atoms. The van der Waals surface area contributed by atoms with Crippen molar-refractivity contribution in [1.82, 2.24) is 15.5 Å². The van der Waals surface area contributed by atoms with E-state index in [0.717, 1.165) is 0 Å². The van der Waals surface area contributed by atoms with Crippen molar-refractivity contribution < 1.29 is 18.3 Å². The number of likely N-dealkylation sites (tertiary alicyclic amines) is 1. The maximum Gasteiger partial charge on any atom is 0.317 e. The molecule has 2 N–H and O–H groups in total. The van der Waals surface area contributed by atoms with Gasteiger partial charge in [-0.15, -0.1) is 0 Å². The van der Waals surface area contributed by atoms with Gasteiger partial charge in [0.05, 0.1) is 18.6 Å². The average Bonchev–Trinajstić information content (AvgIpc) is 2.51. The van der Waals surface area contributed by atoms with Crippen LogP contribution in [0.1, 0.15) is 0 Å². The molecule has 0 unspecified atom stereocenters. The number of nitrogens with zero attached hydrogens (tertiary/aromatic N) is 1. The van der Waals surface area contributed by atoms with E-state index in [1.165, 1.54) is 12.0 Å². The summed E-state index contributed by atoms with van der Waals surface area (Å²) in [4.78, 5) is 13.0. The first kappa shape index (κ1) is 12.5. The van der Waals surface area contributed by atoms with Crippen LogP contribution in [0.3, 0.4) is 0 Å². The molecule has 2 fully saturated rings.